The number of rotatable bonds is 23. The van der Waals surface area contributed by atoms with E-state index in [-0.39, 0.29) is 6.61 Å². The van der Waals surface area contributed by atoms with Crippen molar-refractivity contribution in [2.24, 2.45) is 0 Å². The number of phosphoric acid groups is 1. The van der Waals surface area contributed by atoms with E-state index < -0.39 is 26.6 Å². The van der Waals surface area contributed by atoms with Gasteiger partial charge in [0.05, 0.1) is 39.9 Å². The number of aliphatic hydroxyl groups is 1. The van der Waals surface area contributed by atoms with Gasteiger partial charge in [-0.1, -0.05) is 83.3 Å². The van der Waals surface area contributed by atoms with Crippen LogP contribution < -0.4 is 10.2 Å². The Hall–Kier alpha value is -0.760. The van der Waals surface area contributed by atoms with Crippen LogP contribution in [0.15, 0.2) is 12.2 Å². The first-order chi connectivity index (χ1) is 15.6. The van der Waals surface area contributed by atoms with Crippen LogP contribution in [0.5, 0.6) is 0 Å². The molecule has 0 rings (SSSR count). The van der Waals surface area contributed by atoms with Crippen LogP contribution >= 0.6 is 7.82 Å². The zero-order valence-corrected chi connectivity index (χ0v) is 22.3. The molecule has 3 atom stereocenters. The van der Waals surface area contributed by atoms with Gasteiger partial charge in [-0.05, 0) is 12.8 Å². The smallest absolute Gasteiger partial charge is 0.268 e. The highest BCUT2D eigenvalue weighted by Crippen LogP contribution is 2.38. The fourth-order valence-electron chi connectivity index (χ4n) is 3.26. The van der Waals surface area contributed by atoms with Crippen molar-refractivity contribution in [3.8, 4) is 0 Å². The van der Waals surface area contributed by atoms with Crippen molar-refractivity contribution in [3.05, 3.63) is 12.2 Å². The predicted molar refractivity (Wildman–Crippen MR) is 132 cm³/mol. The number of hydrogen-bond donors (Lipinski definition) is 2. The summed E-state index contributed by atoms with van der Waals surface area (Å²) in [6.07, 6.45) is 17.7. The van der Waals surface area contributed by atoms with Gasteiger partial charge in [-0.15, -0.1) is 0 Å². The lowest BCUT2D eigenvalue weighted by Gasteiger charge is -2.29. The largest absolute Gasteiger partial charge is 0.756 e. The topological polar surface area (TPSA) is 108 Å². The standard InChI is InChI=1S/C24H49N2O6P/c1-5-6-7-8-9-10-11-12-13-14-15-16-17-18-24(28)23(25-22-27)21-32-33(29,30)31-20-19-26(2,3)4/h17-18,22-24,28H,5-16,19-21H2,1-4H3,(H-,25,27,29,30)/b18-17+/t23-,24+/m0/s1. The Morgan fingerprint density at radius 2 is 1.52 bits per heavy atom. The molecule has 1 amide bonds. The lowest BCUT2D eigenvalue weighted by molar-refractivity contribution is -0.870. The molecule has 8 nitrogen and oxygen atoms in total. The van der Waals surface area contributed by atoms with Gasteiger partial charge in [-0.25, -0.2) is 0 Å². The number of allylic oxidation sites excluding steroid dienone is 1. The number of hydrogen-bond acceptors (Lipinski definition) is 6. The second kappa shape index (κ2) is 19.5. The van der Waals surface area contributed by atoms with E-state index in [2.05, 4.69) is 12.2 Å². The number of phosphoric ester groups is 1. The highest BCUT2D eigenvalue weighted by atomic mass is 31.2. The number of carbonyl (C=O) groups is 1. The number of nitrogens with one attached hydrogen (secondary N) is 1. The van der Waals surface area contributed by atoms with Crippen LogP contribution in [0.25, 0.3) is 0 Å². The third kappa shape index (κ3) is 21.5. The maximum Gasteiger partial charge on any atom is 0.268 e. The third-order valence-electron chi connectivity index (χ3n) is 5.43. The molecule has 0 radical (unpaired) electrons. The Labute approximate surface area is 201 Å². The molecule has 2 N–H and O–H groups in total. The fourth-order valence-corrected chi connectivity index (χ4v) is 3.99. The molecule has 0 aliphatic heterocycles. The summed E-state index contributed by atoms with van der Waals surface area (Å²) in [4.78, 5) is 22.7. The quantitative estimate of drug-likeness (QED) is 0.0736. The van der Waals surface area contributed by atoms with E-state index in [1.807, 2.05) is 27.2 Å². The number of quaternary nitrogens is 1. The number of amides is 1. The highest BCUT2D eigenvalue weighted by molar-refractivity contribution is 7.45. The van der Waals surface area contributed by atoms with Crippen molar-refractivity contribution in [1.29, 1.82) is 0 Å². The lowest BCUT2D eigenvalue weighted by atomic mass is 10.0. The van der Waals surface area contributed by atoms with Gasteiger partial charge in [-0.3, -0.25) is 9.36 Å². The van der Waals surface area contributed by atoms with E-state index in [0.717, 1.165) is 19.3 Å². The third-order valence-corrected chi connectivity index (χ3v) is 6.39. The molecule has 33 heavy (non-hydrogen) atoms. The molecule has 9 heteroatoms. The second-order valence-corrected chi connectivity index (χ2v) is 11.1. The number of aliphatic hydroxyl groups excluding tert-OH is 1. The van der Waals surface area contributed by atoms with Crippen LogP contribution in [-0.4, -0.2) is 69.0 Å². The summed E-state index contributed by atoms with van der Waals surface area (Å²) in [5, 5.41) is 12.7. The molecule has 196 valence electrons. The van der Waals surface area contributed by atoms with Gasteiger partial charge >= 0.3 is 0 Å². The van der Waals surface area contributed by atoms with Crippen molar-refractivity contribution in [2.75, 3.05) is 40.9 Å². The number of unbranched alkanes of at least 4 members (excludes halogenated alkanes) is 11. The summed E-state index contributed by atoms with van der Waals surface area (Å²) >= 11 is 0. The fraction of sp³-hybridized carbons (Fsp3) is 0.875. The Kier molecular flexibility index (Phi) is 19.1. The maximum absolute atomic E-state index is 11.9. The first kappa shape index (κ1) is 32.2. The van der Waals surface area contributed by atoms with E-state index in [1.165, 1.54) is 57.8 Å². The molecule has 0 heterocycles. The van der Waals surface area contributed by atoms with E-state index in [0.29, 0.717) is 17.4 Å². The normalized spacial score (nSPS) is 15.9. The van der Waals surface area contributed by atoms with Gasteiger partial charge in [0.15, 0.2) is 0 Å². The van der Waals surface area contributed by atoms with Crippen LogP contribution in [0, 0.1) is 0 Å². The Morgan fingerprint density at radius 1 is 0.970 bits per heavy atom. The second-order valence-electron chi connectivity index (χ2n) is 9.72. The predicted octanol–water partition coefficient (Wildman–Crippen LogP) is 3.93. The van der Waals surface area contributed by atoms with Crippen molar-refractivity contribution < 1.29 is 32.9 Å². The number of carbonyl (C=O) groups excluding carboxylic acids is 1. The Morgan fingerprint density at radius 3 is 2.03 bits per heavy atom. The van der Waals surface area contributed by atoms with Crippen LogP contribution in [0.3, 0.4) is 0 Å². The molecular weight excluding hydrogens is 443 g/mol. The molecule has 1 unspecified atom stereocenters. The summed E-state index contributed by atoms with van der Waals surface area (Å²) < 4.78 is 22.1. The first-order valence-electron chi connectivity index (χ1n) is 12.6. The van der Waals surface area contributed by atoms with Gasteiger partial charge in [0.1, 0.15) is 13.2 Å². The molecule has 0 spiro atoms. The zero-order chi connectivity index (χ0) is 25.0. The zero-order valence-electron chi connectivity index (χ0n) is 21.4. The summed E-state index contributed by atoms with van der Waals surface area (Å²) in [5.74, 6) is 0. The molecule has 0 aliphatic rings. The molecule has 0 bridgehead atoms. The number of nitrogens with zero attached hydrogens (tertiary/aromatic N) is 1. The molecule has 0 saturated heterocycles. The van der Waals surface area contributed by atoms with Gasteiger partial charge in [0, 0.05) is 0 Å². The molecular formula is C24H49N2O6P. The molecule has 0 aromatic carbocycles. The van der Waals surface area contributed by atoms with Crippen LogP contribution in [-0.2, 0) is 18.4 Å². The summed E-state index contributed by atoms with van der Waals surface area (Å²) in [6, 6.07) is -0.875. The van der Waals surface area contributed by atoms with E-state index in [9.17, 15) is 19.4 Å². The van der Waals surface area contributed by atoms with Crippen molar-refractivity contribution >= 4 is 14.2 Å². The molecule has 0 fully saturated rings. The molecule has 0 aromatic heterocycles. The number of likely N-dealkylation sites (N-methyl/N-ethyl adjacent to an activating group) is 1. The molecule has 0 aliphatic carbocycles. The minimum atomic E-state index is -4.51. The average molecular weight is 493 g/mol. The summed E-state index contributed by atoms with van der Waals surface area (Å²) in [7, 11) is 1.25. The monoisotopic (exact) mass is 492 g/mol. The highest BCUT2D eigenvalue weighted by Gasteiger charge is 2.20. The van der Waals surface area contributed by atoms with E-state index in [1.54, 1.807) is 6.08 Å². The van der Waals surface area contributed by atoms with E-state index >= 15 is 0 Å². The van der Waals surface area contributed by atoms with Gasteiger partial charge in [0.2, 0.25) is 6.41 Å². The summed E-state index contributed by atoms with van der Waals surface area (Å²) in [6.45, 7) is 2.34. The van der Waals surface area contributed by atoms with Crippen molar-refractivity contribution in [2.45, 2.75) is 96.1 Å². The maximum atomic E-state index is 11.9. The van der Waals surface area contributed by atoms with E-state index in [4.69, 9.17) is 9.05 Å². The SMILES string of the molecule is CCCCCCCCCCCCC/C=C/[C@@H](O)[C@H](COP(=O)([O-])OCC[N+](C)(C)C)NC=O. The molecule has 0 saturated carbocycles. The first-order valence-corrected chi connectivity index (χ1v) is 14.0. The molecule has 0 aromatic rings. The van der Waals surface area contributed by atoms with Crippen LogP contribution in [0.1, 0.15) is 84.0 Å². The minimum Gasteiger partial charge on any atom is -0.756 e. The van der Waals surface area contributed by atoms with Crippen molar-refractivity contribution in [1.82, 2.24) is 5.32 Å². The Bertz CT molecular complexity index is 554. The van der Waals surface area contributed by atoms with Gasteiger partial charge in [-0.2, -0.15) is 0 Å². The van der Waals surface area contributed by atoms with Gasteiger partial charge < -0.3 is 28.8 Å². The van der Waals surface area contributed by atoms with Gasteiger partial charge in [0.25, 0.3) is 7.82 Å². The van der Waals surface area contributed by atoms with Crippen molar-refractivity contribution in [3.63, 3.8) is 0 Å². The van der Waals surface area contributed by atoms with Crippen LogP contribution in [0.2, 0.25) is 0 Å². The average Bonchev–Trinajstić information content (AvgIpc) is 2.73. The lowest BCUT2D eigenvalue weighted by Crippen LogP contribution is -2.42. The van der Waals surface area contributed by atoms with Crippen LogP contribution in [0.4, 0.5) is 0 Å². The minimum absolute atomic E-state index is 0.00251. The Balaban J connectivity index is 4.03. The summed E-state index contributed by atoms with van der Waals surface area (Å²) in [5.41, 5.74) is 0.